The summed E-state index contributed by atoms with van der Waals surface area (Å²) in [5.41, 5.74) is 7.29. The van der Waals surface area contributed by atoms with E-state index >= 15 is 0 Å². The molecule has 0 aliphatic heterocycles. The molecular formula is C22H21ClN2O4S. The number of hydrogen-bond donors (Lipinski definition) is 1. The maximum atomic E-state index is 13.4. The van der Waals surface area contributed by atoms with Crippen LogP contribution in [0.5, 0.6) is 5.75 Å². The maximum absolute atomic E-state index is 13.4. The van der Waals surface area contributed by atoms with Crippen LogP contribution in [0, 0.1) is 6.92 Å². The molecule has 3 aromatic carbocycles. The molecule has 1 amide bonds. The number of amides is 1. The number of carbonyl (C=O) groups is 1. The van der Waals surface area contributed by atoms with Crippen molar-refractivity contribution >= 4 is 33.2 Å². The summed E-state index contributed by atoms with van der Waals surface area (Å²) in [4.78, 5) is 11.1. The normalized spacial score (nSPS) is 11.1. The second-order valence-electron chi connectivity index (χ2n) is 6.70. The van der Waals surface area contributed by atoms with Crippen LogP contribution in [0.15, 0.2) is 77.7 Å². The highest BCUT2D eigenvalue weighted by Crippen LogP contribution is 2.28. The van der Waals surface area contributed by atoms with Gasteiger partial charge in [0.25, 0.3) is 15.9 Å². The summed E-state index contributed by atoms with van der Waals surface area (Å²) in [6.07, 6.45) is 0. The number of ether oxygens (including phenoxy) is 1. The van der Waals surface area contributed by atoms with Gasteiger partial charge in [0.1, 0.15) is 5.75 Å². The van der Waals surface area contributed by atoms with E-state index in [1.54, 1.807) is 72.8 Å². The minimum absolute atomic E-state index is 0.120. The van der Waals surface area contributed by atoms with Crippen molar-refractivity contribution in [2.45, 2.75) is 18.4 Å². The summed E-state index contributed by atoms with van der Waals surface area (Å²) in [6, 6.07) is 20.1. The number of benzene rings is 3. The van der Waals surface area contributed by atoms with E-state index in [0.717, 1.165) is 11.1 Å². The topological polar surface area (TPSA) is 89.7 Å². The average molecular weight is 445 g/mol. The Morgan fingerprint density at radius 1 is 0.967 bits per heavy atom. The number of primary amides is 1. The molecule has 6 nitrogen and oxygen atoms in total. The summed E-state index contributed by atoms with van der Waals surface area (Å²) >= 11 is 5.96. The van der Waals surface area contributed by atoms with Crippen LogP contribution < -0.4 is 14.8 Å². The third-order valence-corrected chi connectivity index (χ3v) is 6.39. The van der Waals surface area contributed by atoms with Crippen LogP contribution in [0.3, 0.4) is 0 Å². The smallest absolute Gasteiger partial charge is 0.264 e. The average Bonchev–Trinajstić information content (AvgIpc) is 2.72. The molecule has 0 saturated carbocycles. The van der Waals surface area contributed by atoms with Gasteiger partial charge in [-0.2, -0.15) is 0 Å². The van der Waals surface area contributed by atoms with Gasteiger partial charge in [-0.1, -0.05) is 41.4 Å². The van der Waals surface area contributed by atoms with Gasteiger partial charge in [-0.3, -0.25) is 9.10 Å². The largest absolute Gasteiger partial charge is 0.484 e. The molecule has 0 fully saturated rings. The molecule has 0 aliphatic carbocycles. The quantitative estimate of drug-likeness (QED) is 0.570. The fourth-order valence-corrected chi connectivity index (χ4v) is 4.35. The lowest BCUT2D eigenvalue weighted by molar-refractivity contribution is -0.119. The summed E-state index contributed by atoms with van der Waals surface area (Å²) < 4.78 is 33.4. The Labute approximate surface area is 180 Å². The molecule has 8 heteroatoms. The SMILES string of the molecule is Cc1ccc(S(=O)(=O)N(Cc2ccc(Cl)cc2)c2ccc(OCC(N)=O)cc2)cc1. The Balaban J connectivity index is 1.97. The predicted molar refractivity (Wildman–Crippen MR) is 117 cm³/mol. The maximum Gasteiger partial charge on any atom is 0.264 e. The summed E-state index contributed by atoms with van der Waals surface area (Å²) in [5, 5.41) is 0.572. The minimum atomic E-state index is -3.83. The summed E-state index contributed by atoms with van der Waals surface area (Å²) in [7, 11) is -3.83. The van der Waals surface area contributed by atoms with E-state index in [9.17, 15) is 13.2 Å². The molecule has 0 spiro atoms. The lowest BCUT2D eigenvalue weighted by Gasteiger charge is -2.25. The van der Waals surface area contributed by atoms with E-state index in [4.69, 9.17) is 22.1 Å². The lowest BCUT2D eigenvalue weighted by Crippen LogP contribution is -2.30. The Hall–Kier alpha value is -3.03. The Kier molecular flexibility index (Phi) is 6.64. The van der Waals surface area contributed by atoms with Crippen molar-refractivity contribution in [3.8, 4) is 5.75 Å². The number of sulfonamides is 1. The van der Waals surface area contributed by atoms with Crippen molar-refractivity contribution in [1.29, 1.82) is 0 Å². The van der Waals surface area contributed by atoms with E-state index in [1.807, 2.05) is 6.92 Å². The van der Waals surface area contributed by atoms with E-state index in [0.29, 0.717) is 16.5 Å². The first-order valence-electron chi connectivity index (χ1n) is 9.11. The van der Waals surface area contributed by atoms with Crippen molar-refractivity contribution in [2.24, 2.45) is 5.73 Å². The number of nitrogens with two attached hydrogens (primary N) is 1. The minimum Gasteiger partial charge on any atom is -0.484 e. The number of aryl methyl sites for hydroxylation is 1. The highest BCUT2D eigenvalue weighted by atomic mass is 35.5. The van der Waals surface area contributed by atoms with Gasteiger partial charge < -0.3 is 10.5 Å². The molecule has 0 heterocycles. The molecular weight excluding hydrogens is 424 g/mol. The first-order chi connectivity index (χ1) is 14.3. The van der Waals surface area contributed by atoms with Crippen LogP contribution in [0.2, 0.25) is 5.02 Å². The monoisotopic (exact) mass is 444 g/mol. The molecule has 0 radical (unpaired) electrons. The van der Waals surface area contributed by atoms with Crippen molar-refractivity contribution in [1.82, 2.24) is 0 Å². The van der Waals surface area contributed by atoms with Gasteiger partial charge in [0.05, 0.1) is 17.1 Å². The van der Waals surface area contributed by atoms with Crippen LogP contribution in [0.1, 0.15) is 11.1 Å². The number of nitrogens with zero attached hydrogens (tertiary/aromatic N) is 1. The molecule has 2 N–H and O–H groups in total. The van der Waals surface area contributed by atoms with Crippen LogP contribution in [-0.2, 0) is 21.4 Å². The van der Waals surface area contributed by atoms with Crippen molar-refractivity contribution in [3.05, 3.63) is 88.9 Å². The van der Waals surface area contributed by atoms with Crippen LogP contribution in [-0.4, -0.2) is 20.9 Å². The van der Waals surface area contributed by atoms with Gasteiger partial charge in [-0.25, -0.2) is 8.42 Å². The number of carbonyl (C=O) groups excluding carboxylic acids is 1. The van der Waals surface area contributed by atoms with Crippen LogP contribution >= 0.6 is 11.6 Å². The number of rotatable bonds is 8. The Bertz CT molecular complexity index is 1110. The molecule has 0 saturated heterocycles. The molecule has 0 bridgehead atoms. The molecule has 0 aliphatic rings. The first-order valence-corrected chi connectivity index (χ1v) is 10.9. The highest BCUT2D eigenvalue weighted by molar-refractivity contribution is 7.92. The third-order valence-electron chi connectivity index (χ3n) is 4.35. The van der Waals surface area contributed by atoms with Crippen molar-refractivity contribution in [3.63, 3.8) is 0 Å². The van der Waals surface area contributed by atoms with Crippen LogP contribution in [0.25, 0.3) is 0 Å². The fraction of sp³-hybridized carbons (Fsp3) is 0.136. The molecule has 3 rings (SSSR count). The van der Waals surface area contributed by atoms with Gasteiger partial charge in [-0.05, 0) is 61.0 Å². The molecule has 156 valence electrons. The summed E-state index contributed by atoms with van der Waals surface area (Å²) in [5.74, 6) is -0.179. The zero-order chi connectivity index (χ0) is 21.7. The van der Waals surface area contributed by atoms with Crippen molar-refractivity contribution in [2.75, 3.05) is 10.9 Å². The first kappa shape index (κ1) is 21.7. The molecule has 0 aromatic heterocycles. The van der Waals surface area contributed by atoms with E-state index in [2.05, 4.69) is 0 Å². The van der Waals surface area contributed by atoms with Gasteiger partial charge in [0, 0.05) is 5.02 Å². The van der Waals surface area contributed by atoms with E-state index in [1.165, 1.54) is 4.31 Å². The van der Waals surface area contributed by atoms with E-state index < -0.39 is 15.9 Å². The zero-order valence-corrected chi connectivity index (χ0v) is 17.9. The van der Waals surface area contributed by atoms with Crippen molar-refractivity contribution < 1.29 is 17.9 Å². The number of anilines is 1. The standard InChI is InChI=1S/C22H21ClN2O4S/c1-16-2-12-21(13-3-16)30(27,28)25(14-17-4-6-18(23)7-5-17)19-8-10-20(11-9-19)29-15-22(24)26/h2-13H,14-15H2,1H3,(H2,24,26). The van der Waals surface area contributed by atoms with Gasteiger partial charge in [0.2, 0.25) is 0 Å². The Morgan fingerprint density at radius 3 is 2.13 bits per heavy atom. The summed E-state index contributed by atoms with van der Waals surface area (Å²) in [6.45, 7) is 1.76. The number of halogens is 1. The van der Waals surface area contributed by atoms with Gasteiger partial charge >= 0.3 is 0 Å². The predicted octanol–water partition coefficient (Wildman–Crippen LogP) is 3.91. The number of hydrogen-bond acceptors (Lipinski definition) is 4. The molecule has 0 atom stereocenters. The second-order valence-corrected chi connectivity index (χ2v) is 9.00. The van der Waals surface area contributed by atoms with Gasteiger partial charge in [0.15, 0.2) is 6.61 Å². The highest BCUT2D eigenvalue weighted by Gasteiger charge is 2.25. The zero-order valence-electron chi connectivity index (χ0n) is 16.3. The third kappa shape index (κ3) is 5.31. The molecule has 30 heavy (non-hydrogen) atoms. The fourth-order valence-electron chi connectivity index (χ4n) is 2.77. The molecule has 0 unspecified atom stereocenters. The van der Waals surface area contributed by atoms with Crippen LogP contribution in [0.4, 0.5) is 5.69 Å². The van der Waals surface area contributed by atoms with E-state index in [-0.39, 0.29) is 18.0 Å². The second kappa shape index (κ2) is 9.19. The van der Waals surface area contributed by atoms with Gasteiger partial charge in [-0.15, -0.1) is 0 Å². The lowest BCUT2D eigenvalue weighted by atomic mass is 10.2. The molecule has 3 aromatic rings. The Morgan fingerprint density at radius 2 is 1.57 bits per heavy atom.